The van der Waals surface area contributed by atoms with Crippen molar-refractivity contribution in [1.29, 1.82) is 0 Å². The predicted molar refractivity (Wildman–Crippen MR) is 107 cm³/mol. The van der Waals surface area contributed by atoms with Gasteiger partial charge in [0.05, 0.1) is 0 Å². The van der Waals surface area contributed by atoms with E-state index in [2.05, 4.69) is 18.2 Å². The Morgan fingerprint density at radius 1 is 1.04 bits per heavy atom. The van der Waals surface area contributed by atoms with E-state index in [1.54, 1.807) is 11.0 Å². The molecule has 0 saturated carbocycles. The van der Waals surface area contributed by atoms with E-state index in [1.807, 2.05) is 49.5 Å². The molecule has 0 radical (unpaired) electrons. The Hall–Kier alpha value is -3.01. The van der Waals surface area contributed by atoms with Crippen molar-refractivity contribution < 1.29 is 14.6 Å². The van der Waals surface area contributed by atoms with E-state index in [-0.39, 0.29) is 0 Å². The van der Waals surface area contributed by atoms with Gasteiger partial charge in [-0.1, -0.05) is 60.2 Å². The zero-order chi connectivity index (χ0) is 19.1. The second kappa shape index (κ2) is 9.08. The summed E-state index contributed by atoms with van der Waals surface area (Å²) in [6.45, 7) is 1.24. The number of benzene rings is 2. The van der Waals surface area contributed by atoms with Crippen LogP contribution in [0.4, 0.5) is 0 Å². The summed E-state index contributed by atoms with van der Waals surface area (Å²) in [5, 5.41) is 9.13. The zero-order valence-corrected chi connectivity index (χ0v) is 15.6. The number of nitrogens with zero attached hydrogens (tertiary/aromatic N) is 1. The SMILES string of the molecule is CN1CC(CCCc2ccccc2OCc2ccccc2)=CC=C1C(=O)O. The zero-order valence-electron chi connectivity index (χ0n) is 15.6. The molecule has 0 unspecified atom stereocenters. The van der Waals surface area contributed by atoms with Crippen LogP contribution in [0.15, 0.2) is 78.0 Å². The van der Waals surface area contributed by atoms with Gasteiger partial charge in [0.25, 0.3) is 0 Å². The van der Waals surface area contributed by atoms with Crippen LogP contribution >= 0.6 is 0 Å². The quantitative estimate of drug-likeness (QED) is 0.754. The summed E-state index contributed by atoms with van der Waals surface area (Å²) in [7, 11) is 1.82. The molecule has 0 atom stereocenters. The number of aliphatic carboxylic acids is 1. The predicted octanol–water partition coefficient (Wildman–Crippen LogP) is 4.43. The number of carboxylic acids is 1. The molecule has 0 aromatic heterocycles. The summed E-state index contributed by atoms with van der Waals surface area (Å²) in [6.07, 6.45) is 6.52. The molecule has 0 aliphatic carbocycles. The van der Waals surface area contributed by atoms with Crippen LogP contribution in [0, 0.1) is 0 Å². The van der Waals surface area contributed by atoms with Crippen LogP contribution in [0.5, 0.6) is 5.75 Å². The van der Waals surface area contributed by atoms with E-state index in [1.165, 1.54) is 11.1 Å². The molecule has 3 rings (SSSR count). The van der Waals surface area contributed by atoms with Gasteiger partial charge < -0.3 is 14.7 Å². The molecule has 1 N–H and O–H groups in total. The van der Waals surface area contributed by atoms with Gasteiger partial charge >= 0.3 is 5.97 Å². The van der Waals surface area contributed by atoms with Crippen LogP contribution in [-0.4, -0.2) is 29.6 Å². The average Bonchev–Trinajstić information content (AvgIpc) is 2.68. The lowest BCUT2D eigenvalue weighted by atomic mass is 10.0. The maximum atomic E-state index is 11.1. The minimum atomic E-state index is -0.878. The first-order valence-electron chi connectivity index (χ1n) is 9.22. The Kier molecular flexibility index (Phi) is 6.31. The molecule has 4 heteroatoms. The maximum Gasteiger partial charge on any atom is 0.352 e. The molecule has 1 aliphatic heterocycles. The molecule has 2 aromatic rings. The van der Waals surface area contributed by atoms with Crippen LogP contribution in [0.2, 0.25) is 0 Å². The molecule has 0 fully saturated rings. The molecular weight excluding hydrogens is 338 g/mol. The molecule has 140 valence electrons. The van der Waals surface area contributed by atoms with Crippen LogP contribution in [0.3, 0.4) is 0 Å². The molecule has 1 aliphatic rings. The van der Waals surface area contributed by atoms with Gasteiger partial charge in [-0.2, -0.15) is 0 Å². The highest BCUT2D eigenvalue weighted by molar-refractivity contribution is 5.86. The van der Waals surface area contributed by atoms with Gasteiger partial charge in [0.1, 0.15) is 18.1 Å². The summed E-state index contributed by atoms with van der Waals surface area (Å²) < 4.78 is 6.03. The number of carbonyl (C=O) groups is 1. The molecule has 0 saturated heterocycles. The Bertz CT molecular complexity index is 840. The van der Waals surface area contributed by atoms with Gasteiger partial charge in [0, 0.05) is 13.6 Å². The van der Waals surface area contributed by atoms with Gasteiger partial charge in [0.2, 0.25) is 0 Å². The topological polar surface area (TPSA) is 49.8 Å². The molecule has 0 bridgehead atoms. The number of hydrogen-bond donors (Lipinski definition) is 1. The third-order valence-electron chi connectivity index (χ3n) is 4.70. The Labute approximate surface area is 160 Å². The van der Waals surface area contributed by atoms with E-state index >= 15 is 0 Å². The van der Waals surface area contributed by atoms with Crippen molar-refractivity contribution in [1.82, 2.24) is 4.90 Å². The monoisotopic (exact) mass is 363 g/mol. The van der Waals surface area contributed by atoms with Crippen LogP contribution in [-0.2, 0) is 17.8 Å². The van der Waals surface area contributed by atoms with E-state index in [0.29, 0.717) is 18.8 Å². The number of rotatable bonds is 8. The van der Waals surface area contributed by atoms with Crippen LogP contribution < -0.4 is 4.74 Å². The van der Waals surface area contributed by atoms with E-state index in [0.717, 1.165) is 30.6 Å². The summed E-state index contributed by atoms with van der Waals surface area (Å²) in [5.74, 6) is 0.0569. The van der Waals surface area contributed by atoms with E-state index in [9.17, 15) is 4.79 Å². The van der Waals surface area contributed by atoms with Gasteiger partial charge in [0.15, 0.2) is 0 Å². The number of para-hydroxylation sites is 1. The largest absolute Gasteiger partial charge is 0.489 e. The van der Waals surface area contributed by atoms with Crippen molar-refractivity contribution in [3.63, 3.8) is 0 Å². The number of aryl methyl sites for hydroxylation is 1. The first-order chi connectivity index (χ1) is 13.1. The average molecular weight is 363 g/mol. The maximum absolute atomic E-state index is 11.1. The normalized spacial score (nSPS) is 13.7. The minimum absolute atomic E-state index is 0.346. The standard InChI is InChI=1S/C23H25NO3/c1-24-16-18(14-15-21(24)23(25)26)10-7-12-20-11-5-6-13-22(20)27-17-19-8-3-2-4-9-19/h2-6,8-9,11,13-15H,7,10,12,16-17H2,1H3,(H,25,26). The summed E-state index contributed by atoms with van der Waals surface area (Å²) in [5.41, 5.74) is 3.97. The second-order valence-electron chi connectivity index (χ2n) is 6.77. The molecule has 0 spiro atoms. The fraction of sp³-hybridized carbons (Fsp3) is 0.261. The van der Waals surface area contributed by atoms with Crippen molar-refractivity contribution in [2.24, 2.45) is 0 Å². The number of allylic oxidation sites excluding steroid dienone is 2. The van der Waals surface area contributed by atoms with E-state index < -0.39 is 5.97 Å². The third kappa shape index (κ3) is 5.23. The Morgan fingerprint density at radius 3 is 2.52 bits per heavy atom. The molecular formula is C23H25NO3. The highest BCUT2D eigenvalue weighted by Crippen LogP contribution is 2.23. The number of ether oxygens (including phenoxy) is 1. The lowest BCUT2D eigenvalue weighted by molar-refractivity contribution is -0.134. The molecule has 27 heavy (non-hydrogen) atoms. The van der Waals surface area contributed by atoms with Crippen molar-refractivity contribution in [2.45, 2.75) is 25.9 Å². The molecule has 4 nitrogen and oxygen atoms in total. The van der Waals surface area contributed by atoms with Gasteiger partial charge in [-0.15, -0.1) is 0 Å². The third-order valence-corrected chi connectivity index (χ3v) is 4.70. The number of carboxylic acid groups (broad SMARTS) is 1. The highest BCUT2D eigenvalue weighted by Gasteiger charge is 2.17. The van der Waals surface area contributed by atoms with Crippen molar-refractivity contribution in [3.8, 4) is 5.75 Å². The van der Waals surface area contributed by atoms with E-state index in [4.69, 9.17) is 9.84 Å². The minimum Gasteiger partial charge on any atom is -0.489 e. The van der Waals surface area contributed by atoms with Crippen molar-refractivity contribution in [3.05, 3.63) is 89.1 Å². The Morgan fingerprint density at radius 2 is 1.78 bits per heavy atom. The van der Waals surface area contributed by atoms with Crippen LogP contribution in [0.1, 0.15) is 24.0 Å². The fourth-order valence-electron chi connectivity index (χ4n) is 3.26. The molecule has 0 amide bonds. The first kappa shape index (κ1) is 18.8. The lowest BCUT2D eigenvalue weighted by Gasteiger charge is -2.24. The Balaban J connectivity index is 1.55. The summed E-state index contributed by atoms with van der Waals surface area (Å²) in [4.78, 5) is 12.9. The van der Waals surface area contributed by atoms with Crippen molar-refractivity contribution in [2.75, 3.05) is 13.6 Å². The second-order valence-corrected chi connectivity index (χ2v) is 6.77. The molecule has 1 heterocycles. The fourth-order valence-corrected chi connectivity index (χ4v) is 3.26. The smallest absolute Gasteiger partial charge is 0.352 e. The first-order valence-corrected chi connectivity index (χ1v) is 9.22. The number of hydrogen-bond acceptors (Lipinski definition) is 3. The van der Waals surface area contributed by atoms with Crippen molar-refractivity contribution >= 4 is 5.97 Å². The van der Waals surface area contributed by atoms with Gasteiger partial charge in [-0.3, -0.25) is 0 Å². The summed E-state index contributed by atoms with van der Waals surface area (Å²) >= 11 is 0. The lowest BCUT2D eigenvalue weighted by Crippen LogP contribution is -2.27. The summed E-state index contributed by atoms with van der Waals surface area (Å²) in [6, 6.07) is 18.3. The van der Waals surface area contributed by atoms with Crippen LogP contribution in [0.25, 0.3) is 0 Å². The highest BCUT2D eigenvalue weighted by atomic mass is 16.5. The number of likely N-dealkylation sites (N-methyl/N-ethyl adjacent to an activating group) is 1. The van der Waals surface area contributed by atoms with Gasteiger partial charge in [-0.05, 0) is 42.5 Å². The molecule has 2 aromatic carbocycles. The van der Waals surface area contributed by atoms with Gasteiger partial charge in [-0.25, -0.2) is 4.79 Å².